The maximum Gasteiger partial charge on any atom is 0.342 e. The molecule has 31 heavy (non-hydrogen) atoms. The van der Waals surface area contributed by atoms with E-state index in [0.717, 1.165) is 42.6 Å². The average molecular weight is 418 g/mol. The van der Waals surface area contributed by atoms with Gasteiger partial charge in [-0.2, -0.15) is 5.10 Å². The van der Waals surface area contributed by atoms with Crippen molar-refractivity contribution in [1.82, 2.24) is 14.7 Å². The Labute approximate surface area is 182 Å². The summed E-state index contributed by atoms with van der Waals surface area (Å²) in [6.07, 6.45) is 2.87. The van der Waals surface area contributed by atoms with Gasteiger partial charge in [0.05, 0.1) is 6.54 Å². The fourth-order valence-electron chi connectivity index (χ4n) is 3.82. The van der Waals surface area contributed by atoms with Gasteiger partial charge in [0.2, 0.25) is 0 Å². The summed E-state index contributed by atoms with van der Waals surface area (Å²) >= 11 is 0. The first-order valence-electron chi connectivity index (χ1n) is 10.7. The molecule has 1 saturated heterocycles. The monoisotopic (exact) mass is 417 g/mol. The zero-order valence-electron chi connectivity index (χ0n) is 18.0. The van der Waals surface area contributed by atoms with Crippen molar-refractivity contribution in [2.45, 2.75) is 39.3 Å². The standard InChI is InChI=1S/C25H27N3O3/c1-18-10-12-21(13-11-18)23-22(17-28(26-23)16-20-8-4-3-5-9-20)25(30)31-19(2)24(29)27-14-6-7-15-27/h3-5,8-13,17,19H,6-7,14-16H2,1-2H3/t19-/m1/s1. The van der Waals surface area contributed by atoms with Gasteiger partial charge in [-0.15, -0.1) is 0 Å². The number of carbonyl (C=O) groups is 2. The average Bonchev–Trinajstić information content (AvgIpc) is 3.45. The van der Waals surface area contributed by atoms with Crippen LogP contribution in [-0.4, -0.2) is 45.8 Å². The first-order chi connectivity index (χ1) is 15.0. The predicted octanol–water partition coefficient (Wildman–Crippen LogP) is 4.07. The van der Waals surface area contributed by atoms with E-state index < -0.39 is 12.1 Å². The number of hydrogen-bond donors (Lipinski definition) is 0. The van der Waals surface area contributed by atoms with Crippen LogP contribution in [0.4, 0.5) is 0 Å². The molecule has 0 radical (unpaired) electrons. The molecular formula is C25H27N3O3. The van der Waals surface area contributed by atoms with Crippen molar-refractivity contribution in [3.8, 4) is 11.3 Å². The topological polar surface area (TPSA) is 64.4 Å². The number of benzene rings is 2. The van der Waals surface area contributed by atoms with Gasteiger partial charge < -0.3 is 9.64 Å². The molecule has 6 heteroatoms. The quantitative estimate of drug-likeness (QED) is 0.567. The number of aromatic nitrogens is 2. The van der Waals surface area contributed by atoms with Crippen LogP contribution in [0, 0.1) is 6.92 Å². The first-order valence-corrected chi connectivity index (χ1v) is 10.7. The Kier molecular flexibility index (Phi) is 6.16. The van der Waals surface area contributed by atoms with Crippen molar-refractivity contribution in [1.29, 1.82) is 0 Å². The lowest BCUT2D eigenvalue weighted by Gasteiger charge is -2.20. The number of aryl methyl sites for hydroxylation is 1. The molecule has 2 aromatic carbocycles. The van der Waals surface area contributed by atoms with E-state index in [1.54, 1.807) is 22.7 Å². The maximum atomic E-state index is 13.1. The lowest BCUT2D eigenvalue weighted by molar-refractivity contribution is -0.138. The number of esters is 1. The van der Waals surface area contributed by atoms with E-state index in [2.05, 4.69) is 5.10 Å². The van der Waals surface area contributed by atoms with Crippen LogP contribution in [0.3, 0.4) is 0 Å². The molecule has 0 N–H and O–H groups in total. The Morgan fingerprint density at radius 1 is 1.03 bits per heavy atom. The summed E-state index contributed by atoms with van der Waals surface area (Å²) in [5.41, 5.74) is 3.96. The van der Waals surface area contributed by atoms with Gasteiger partial charge in [-0.3, -0.25) is 9.48 Å². The van der Waals surface area contributed by atoms with Crippen molar-refractivity contribution in [3.63, 3.8) is 0 Å². The molecule has 1 atom stereocenters. The molecule has 4 rings (SSSR count). The number of likely N-dealkylation sites (tertiary alicyclic amines) is 1. The van der Waals surface area contributed by atoms with Gasteiger partial charge >= 0.3 is 5.97 Å². The number of ether oxygens (including phenoxy) is 1. The van der Waals surface area contributed by atoms with Gasteiger partial charge in [-0.05, 0) is 32.3 Å². The van der Waals surface area contributed by atoms with Crippen LogP contribution in [-0.2, 0) is 16.1 Å². The summed E-state index contributed by atoms with van der Waals surface area (Å²) in [6, 6.07) is 17.8. The number of nitrogens with zero attached hydrogens (tertiary/aromatic N) is 3. The Hall–Kier alpha value is -3.41. The molecule has 1 fully saturated rings. The van der Waals surface area contributed by atoms with Gasteiger partial charge in [0.15, 0.2) is 6.10 Å². The second-order valence-electron chi connectivity index (χ2n) is 8.02. The summed E-state index contributed by atoms with van der Waals surface area (Å²) in [4.78, 5) is 27.4. The fraction of sp³-hybridized carbons (Fsp3) is 0.320. The lowest BCUT2D eigenvalue weighted by atomic mass is 10.1. The summed E-state index contributed by atoms with van der Waals surface area (Å²) in [5, 5.41) is 4.68. The summed E-state index contributed by atoms with van der Waals surface area (Å²) in [6.45, 7) is 5.64. The van der Waals surface area contributed by atoms with Crippen molar-refractivity contribution in [2.24, 2.45) is 0 Å². The van der Waals surface area contributed by atoms with Crippen LogP contribution >= 0.6 is 0 Å². The molecule has 160 valence electrons. The SMILES string of the molecule is Cc1ccc(-c2nn(Cc3ccccc3)cc2C(=O)O[C@H](C)C(=O)N2CCCC2)cc1. The van der Waals surface area contributed by atoms with E-state index in [1.807, 2.05) is 61.5 Å². The fourth-order valence-corrected chi connectivity index (χ4v) is 3.82. The largest absolute Gasteiger partial charge is 0.449 e. The van der Waals surface area contributed by atoms with Gasteiger partial charge in [-0.1, -0.05) is 60.2 Å². The third kappa shape index (κ3) is 4.85. The van der Waals surface area contributed by atoms with E-state index in [1.165, 1.54) is 0 Å². The van der Waals surface area contributed by atoms with Gasteiger partial charge in [0, 0.05) is 24.8 Å². The molecule has 3 aromatic rings. The highest BCUT2D eigenvalue weighted by Crippen LogP contribution is 2.24. The van der Waals surface area contributed by atoms with Crippen molar-refractivity contribution in [2.75, 3.05) is 13.1 Å². The number of rotatable bonds is 6. The molecule has 1 aromatic heterocycles. The van der Waals surface area contributed by atoms with Crippen molar-refractivity contribution < 1.29 is 14.3 Å². The minimum absolute atomic E-state index is 0.139. The highest BCUT2D eigenvalue weighted by Gasteiger charge is 2.28. The minimum atomic E-state index is -0.825. The molecule has 0 bridgehead atoms. The Bertz CT molecular complexity index is 1050. The van der Waals surface area contributed by atoms with Gasteiger partial charge in [-0.25, -0.2) is 4.79 Å². The Morgan fingerprint density at radius 2 is 1.71 bits per heavy atom. The predicted molar refractivity (Wildman–Crippen MR) is 119 cm³/mol. The second kappa shape index (κ2) is 9.16. The summed E-state index contributed by atoms with van der Waals surface area (Å²) < 4.78 is 7.32. The smallest absolute Gasteiger partial charge is 0.342 e. The highest BCUT2D eigenvalue weighted by molar-refractivity contribution is 5.97. The molecule has 0 saturated carbocycles. The van der Waals surface area contributed by atoms with E-state index in [9.17, 15) is 9.59 Å². The van der Waals surface area contributed by atoms with Crippen LogP contribution in [0.25, 0.3) is 11.3 Å². The van der Waals surface area contributed by atoms with Gasteiger partial charge in [0.25, 0.3) is 5.91 Å². The number of hydrogen-bond acceptors (Lipinski definition) is 4. The van der Waals surface area contributed by atoms with Crippen LogP contribution in [0.15, 0.2) is 60.8 Å². The molecule has 2 heterocycles. The van der Waals surface area contributed by atoms with Crippen LogP contribution in [0.2, 0.25) is 0 Å². The highest BCUT2D eigenvalue weighted by atomic mass is 16.5. The van der Waals surface area contributed by atoms with Crippen LogP contribution in [0.5, 0.6) is 0 Å². The third-order valence-electron chi connectivity index (χ3n) is 5.54. The molecule has 1 aliphatic heterocycles. The van der Waals surface area contributed by atoms with E-state index in [0.29, 0.717) is 17.8 Å². The molecule has 6 nitrogen and oxygen atoms in total. The summed E-state index contributed by atoms with van der Waals surface area (Å²) in [7, 11) is 0. The van der Waals surface area contributed by atoms with E-state index >= 15 is 0 Å². The second-order valence-corrected chi connectivity index (χ2v) is 8.02. The molecule has 1 aliphatic rings. The normalized spacial score (nSPS) is 14.5. The van der Waals surface area contributed by atoms with Crippen molar-refractivity contribution in [3.05, 3.63) is 77.5 Å². The molecule has 0 aliphatic carbocycles. The molecular weight excluding hydrogens is 390 g/mol. The third-order valence-corrected chi connectivity index (χ3v) is 5.54. The first kappa shape index (κ1) is 20.8. The molecule has 0 unspecified atom stereocenters. The zero-order chi connectivity index (χ0) is 21.8. The van der Waals surface area contributed by atoms with Crippen LogP contribution < -0.4 is 0 Å². The number of amides is 1. The molecule has 0 spiro atoms. The summed E-state index contributed by atoms with van der Waals surface area (Å²) in [5.74, 6) is -0.672. The minimum Gasteiger partial charge on any atom is -0.449 e. The lowest BCUT2D eigenvalue weighted by Crippen LogP contribution is -2.38. The van der Waals surface area contributed by atoms with Gasteiger partial charge in [0.1, 0.15) is 11.3 Å². The molecule has 1 amide bonds. The zero-order valence-corrected chi connectivity index (χ0v) is 18.0. The number of carbonyl (C=O) groups excluding carboxylic acids is 2. The maximum absolute atomic E-state index is 13.1. The van der Waals surface area contributed by atoms with E-state index in [4.69, 9.17) is 4.74 Å². The Balaban J connectivity index is 1.60. The van der Waals surface area contributed by atoms with E-state index in [-0.39, 0.29) is 5.91 Å². The Morgan fingerprint density at radius 3 is 2.39 bits per heavy atom. The van der Waals surface area contributed by atoms with Crippen LogP contribution in [0.1, 0.15) is 41.3 Å². The van der Waals surface area contributed by atoms with Crippen molar-refractivity contribution >= 4 is 11.9 Å².